The number of nitrogens with one attached hydrogen (secondary N) is 1. The number of carbonyl (C=O) groups excluding carboxylic acids is 1. The van der Waals surface area contributed by atoms with Crippen molar-refractivity contribution >= 4 is 16.9 Å². The first-order chi connectivity index (χ1) is 12.0. The summed E-state index contributed by atoms with van der Waals surface area (Å²) in [5.74, 6) is 0.323. The number of nitrogens with zero attached hydrogens (tertiary/aromatic N) is 1. The first kappa shape index (κ1) is 17.2. The number of carbonyl (C=O) groups is 1. The summed E-state index contributed by atoms with van der Waals surface area (Å²) in [6, 6.07) is 16.0. The predicted octanol–water partition coefficient (Wildman–Crippen LogP) is 3.88. The van der Waals surface area contributed by atoms with E-state index in [1.165, 1.54) is 6.07 Å². The van der Waals surface area contributed by atoms with Crippen LogP contribution in [0.3, 0.4) is 0 Å². The molecule has 1 atom stereocenters. The van der Waals surface area contributed by atoms with Crippen molar-refractivity contribution in [3.8, 4) is 0 Å². The Morgan fingerprint density at radius 1 is 1.20 bits per heavy atom. The van der Waals surface area contributed by atoms with Crippen LogP contribution in [0.25, 0.3) is 11.0 Å². The van der Waals surface area contributed by atoms with Crippen molar-refractivity contribution in [2.45, 2.75) is 19.5 Å². The van der Waals surface area contributed by atoms with E-state index < -0.39 is 0 Å². The highest BCUT2D eigenvalue weighted by atomic mass is 19.1. The van der Waals surface area contributed by atoms with E-state index in [0.717, 1.165) is 11.0 Å². The van der Waals surface area contributed by atoms with Crippen LogP contribution in [0, 0.1) is 5.82 Å². The first-order valence-electron chi connectivity index (χ1n) is 8.22. The first-order valence-corrected chi connectivity index (χ1v) is 8.22. The largest absolute Gasteiger partial charge is 0.459 e. The molecule has 1 heterocycles. The number of likely N-dealkylation sites (N-methyl/N-ethyl adjacent to an activating group) is 1. The van der Waals surface area contributed by atoms with Gasteiger partial charge in [-0.05, 0) is 32.2 Å². The van der Waals surface area contributed by atoms with E-state index in [4.69, 9.17) is 4.42 Å². The van der Waals surface area contributed by atoms with Gasteiger partial charge in [0.1, 0.15) is 17.2 Å². The molecule has 1 amide bonds. The molecule has 130 valence electrons. The summed E-state index contributed by atoms with van der Waals surface area (Å²) in [4.78, 5) is 14.0. The molecule has 2 aromatic carbocycles. The molecule has 0 aliphatic heterocycles. The van der Waals surface area contributed by atoms with Gasteiger partial charge in [-0.15, -0.1) is 0 Å². The van der Waals surface area contributed by atoms with E-state index >= 15 is 0 Å². The van der Waals surface area contributed by atoms with Crippen molar-refractivity contribution in [2.75, 3.05) is 13.6 Å². The van der Waals surface area contributed by atoms with E-state index in [0.29, 0.717) is 17.9 Å². The molecule has 0 bridgehead atoms. The Kier molecular flexibility index (Phi) is 5.14. The number of fused-ring (bicyclic) bond motifs is 1. The minimum absolute atomic E-state index is 0.133. The lowest BCUT2D eigenvalue weighted by Gasteiger charge is -2.18. The molecule has 25 heavy (non-hydrogen) atoms. The Morgan fingerprint density at radius 2 is 1.92 bits per heavy atom. The highest BCUT2D eigenvalue weighted by molar-refractivity contribution is 5.80. The third kappa shape index (κ3) is 4.25. The van der Waals surface area contributed by atoms with Gasteiger partial charge in [-0.2, -0.15) is 0 Å². The Morgan fingerprint density at radius 3 is 2.68 bits per heavy atom. The smallest absolute Gasteiger partial charge is 0.234 e. The molecule has 1 aromatic heterocycles. The Bertz CT molecular complexity index is 842. The maximum Gasteiger partial charge on any atom is 0.234 e. The third-order valence-electron chi connectivity index (χ3n) is 4.06. The number of benzene rings is 2. The lowest BCUT2D eigenvalue weighted by Crippen LogP contribution is -2.36. The van der Waals surface area contributed by atoms with Crippen molar-refractivity contribution in [2.24, 2.45) is 0 Å². The molecule has 0 aliphatic rings. The minimum Gasteiger partial charge on any atom is -0.459 e. The van der Waals surface area contributed by atoms with Crippen LogP contribution in [0.2, 0.25) is 0 Å². The molecule has 3 aromatic rings. The Labute approximate surface area is 146 Å². The van der Waals surface area contributed by atoms with Crippen molar-refractivity contribution in [1.82, 2.24) is 10.2 Å². The minimum atomic E-state index is -0.259. The van der Waals surface area contributed by atoms with Crippen LogP contribution in [-0.4, -0.2) is 24.4 Å². The highest BCUT2D eigenvalue weighted by Gasteiger charge is 2.16. The Hall–Kier alpha value is -2.66. The van der Waals surface area contributed by atoms with Gasteiger partial charge in [-0.25, -0.2) is 4.39 Å². The zero-order valence-electron chi connectivity index (χ0n) is 14.3. The molecule has 5 heteroatoms. The van der Waals surface area contributed by atoms with Crippen LogP contribution in [0.15, 0.2) is 59.0 Å². The standard InChI is InChI=1S/C20H21FN2O2/c1-14(19-11-15-7-4-6-10-18(15)25-19)22-20(24)13-23(2)12-16-8-3-5-9-17(16)21/h3-11,14H,12-13H2,1-2H3,(H,22,24)/t14-/m0/s1. The molecule has 0 saturated heterocycles. The lowest BCUT2D eigenvalue weighted by molar-refractivity contribution is -0.122. The number of furan rings is 1. The van der Waals surface area contributed by atoms with E-state index in [9.17, 15) is 9.18 Å². The maximum atomic E-state index is 13.7. The summed E-state index contributed by atoms with van der Waals surface area (Å²) < 4.78 is 19.4. The van der Waals surface area contributed by atoms with Gasteiger partial charge in [0, 0.05) is 17.5 Å². The van der Waals surface area contributed by atoms with E-state index in [1.54, 1.807) is 30.1 Å². The van der Waals surface area contributed by atoms with Crippen molar-refractivity contribution in [3.63, 3.8) is 0 Å². The van der Waals surface area contributed by atoms with Gasteiger partial charge in [-0.3, -0.25) is 9.69 Å². The Balaban J connectivity index is 1.57. The molecule has 0 saturated carbocycles. The average Bonchev–Trinajstić information content (AvgIpc) is 3.01. The summed E-state index contributed by atoms with van der Waals surface area (Å²) in [7, 11) is 1.79. The third-order valence-corrected chi connectivity index (χ3v) is 4.06. The number of halogens is 1. The maximum absolute atomic E-state index is 13.7. The van der Waals surface area contributed by atoms with Crippen LogP contribution >= 0.6 is 0 Å². The summed E-state index contributed by atoms with van der Waals surface area (Å²) in [6.45, 7) is 2.44. The zero-order chi connectivity index (χ0) is 17.8. The van der Waals surface area contributed by atoms with Crippen LogP contribution in [0.5, 0.6) is 0 Å². The molecule has 0 radical (unpaired) electrons. The molecule has 4 nitrogen and oxygen atoms in total. The molecular formula is C20H21FN2O2. The normalized spacial score (nSPS) is 12.5. The van der Waals surface area contributed by atoms with E-state index in [1.807, 2.05) is 37.3 Å². The summed E-state index contributed by atoms with van der Waals surface area (Å²) in [5, 5.41) is 3.93. The fourth-order valence-corrected chi connectivity index (χ4v) is 2.79. The molecule has 0 spiro atoms. The number of hydrogen-bond acceptors (Lipinski definition) is 3. The molecule has 1 N–H and O–H groups in total. The fourth-order valence-electron chi connectivity index (χ4n) is 2.79. The van der Waals surface area contributed by atoms with Crippen LogP contribution in [0.1, 0.15) is 24.3 Å². The molecule has 0 fully saturated rings. The van der Waals surface area contributed by atoms with E-state index in [-0.39, 0.29) is 24.3 Å². The van der Waals surface area contributed by atoms with Gasteiger partial charge in [-0.1, -0.05) is 36.4 Å². The second-order valence-electron chi connectivity index (χ2n) is 6.24. The van der Waals surface area contributed by atoms with Crippen LogP contribution in [0.4, 0.5) is 4.39 Å². The topological polar surface area (TPSA) is 45.5 Å². The number of para-hydroxylation sites is 1. The SMILES string of the molecule is C[C@H](NC(=O)CN(C)Cc1ccccc1F)c1cc2ccccc2o1. The summed E-state index contributed by atoms with van der Waals surface area (Å²) >= 11 is 0. The van der Waals surface area contributed by atoms with Crippen molar-refractivity contribution in [1.29, 1.82) is 0 Å². The van der Waals surface area contributed by atoms with Gasteiger partial charge in [0.15, 0.2) is 0 Å². The van der Waals surface area contributed by atoms with Crippen molar-refractivity contribution < 1.29 is 13.6 Å². The highest BCUT2D eigenvalue weighted by Crippen LogP contribution is 2.23. The molecular weight excluding hydrogens is 319 g/mol. The summed E-state index contributed by atoms with van der Waals surface area (Å²) in [5.41, 5.74) is 1.37. The number of amides is 1. The molecule has 3 rings (SSSR count). The molecule has 0 aliphatic carbocycles. The fraction of sp³-hybridized carbons (Fsp3) is 0.250. The second kappa shape index (κ2) is 7.49. The summed E-state index contributed by atoms with van der Waals surface area (Å²) in [6.07, 6.45) is 0. The quantitative estimate of drug-likeness (QED) is 0.741. The van der Waals surface area contributed by atoms with Crippen LogP contribution < -0.4 is 5.32 Å². The lowest BCUT2D eigenvalue weighted by atomic mass is 10.2. The zero-order valence-corrected chi connectivity index (χ0v) is 14.3. The monoisotopic (exact) mass is 340 g/mol. The van der Waals surface area contributed by atoms with Gasteiger partial charge in [0.2, 0.25) is 5.91 Å². The predicted molar refractivity (Wildman–Crippen MR) is 95.5 cm³/mol. The number of rotatable bonds is 6. The number of hydrogen-bond donors (Lipinski definition) is 1. The molecule has 0 unspecified atom stereocenters. The van der Waals surface area contributed by atoms with Gasteiger partial charge >= 0.3 is 0 Å². The van der Waals surface area contributed by atoms with Gasteiger partial charge < -0.3 is 9.73 Å². The van der Waals surface area contributed by atoms with E-state index in [2.05, 4.69) is 5.32 Å². The van der Waals surface area contributed by atoms with Gasteiger partial charge in [0.05, 0.1) is 12.6 Å². The van der Waals surface area contributed by atoms with Gasteiger partial charge in [0.25, 0.3) is 0 Å². The average molecular weight is 340 g/mol. The van der Waals surface area contributed by atoms with Crippen LogP contribution in [-0.2, 0) is 11.3 Å². The van der Waals surface area contributed by atoms with Crippen molar-refractivity contribution in [3.05, 3.63) is 71.7 Å². The second-order valence-corrected chi connectivity index (χ2v) is 6.24.